The number of nitrogens with zero attached hydrogens (tertiary/aromatic N) is 4. The summed E-state index contributed by atoms with van der Waals surface area (Å²) in [6, 6.07) is 17.3. The maximum atomic E-state index is 13.8. The number of imide groups is 1. The Labute approximate surface area is 268 Å². The molecule has 236 valence electrons. The number of methoxy groups -OCH3 is 1. The van der Waals surface area contributed by atoms with E-state index in [4.69, 9.17) is 4.74 Å². The molecule has 1 saturated heterocycles. The van der Waals surface area contributed by atoms with E-state index < -0.39 is 11.3 Å². The van der Waals surface area contributed by atoms with Crippen LogP contribution in [0.3, 0.4) is 0 Å². The standard InChI is InChI=1S/C34H39N5O5S/c1-44-29-10-6-5-9-27(29)36-16-18-37(19-17-36)30(40)23-38-28-15-20-45-31(28)33(42)39(34(38)43)22-25-11-13-26(14-12-25)32(41)35-21-24-7-3-2-4-8-24/h2-10,15,20,25-26,31H,11-14,16-19,21-23H2,1H3/p+1. The number of ether oxygens (including phenoxy) is 1. The molecule has 1 N–H and O–H groups in total. The van der Waals surface area contributed by atoms with E-state index in [9.17, 15) is 19.2 Å². The number of anilines is 1. The molecule has 4 aliphatic rings. The quantitative estimate of drug-likeness (QED) is 0.423. The number of hydrogen-bond donors (Lipinski definition) is 1. The Morgan fingerprint density at radius 3 is 2.40 bits per heavy atom. The van der Waals surface area contributed by atoms with Crippen LogP contribution in [0, 0.1) is 11.8 Å². The smallest absolute Gasteiger partial charge is 0.495 e. The maximum absolute atomic E-state index is 13.8. The summed E-state index contributed by atoms with van der Waals surface area (Å²) in [5.41, 5.74) is 2.65. The molecule has 1 aliphatic carbocycles. The number of carbonyl (C=O) groups is 4. The van der Waals surface area contributed by atoms with Crippen LogP contribution in [-0.2, 0) is 20.9 Å². The van der Waals surface area contributed by atoms with Gasteiger partial charge in [-0.1, -0.05) is 42.5 Å². The fourth-order valence-corrected chi connectivity index (χ4v) is 7.66. The van der Waals surface area contributed by atoms with Gasteiger partial charge in [0.05, 0.1) is 12.8 Å². The molecule has 0 radical (unpaired) electrons. The van der Waals surface area contributed by atoms with Crippen LogP contribution in [0.15, 0.2) is 66.1 Å². The van der Waals surface area contributed by atoms with Crippen LogP contribution in [-0.4, -0.2) is 95.5 Å². The number of piperazine rings is 1. The number of amides is 5. The van der Waals surface area contributed by atoms with Gasteiger partial charge < -0.3 is 19.9 Å². The molecular formula is C34H40N5O5S+. The lowest BCUT2D eigenvalue weighted by Crippen LogP contribution is -2.58. The number of urea groups is 1. The number of para-hydroxylation sites is 2. The van der Waals surface area contributed by atoms with Crippen molar-refractivity contribution in [3.63, 3.8) is 0 Å². The van der Waals surface area contributed by atoms with Crippen molar-refractivity contribution in [1.82, 2.24) is 15.1 Å². The van der Waals surface area contributed by atoms with E-state index in [1.807, 2.05) is 60.0 Å². The molecule has 1 atom stereocenters. The molecule has 2 fully saturated rings. The maximum Gasteiger partial charge on any atom is 0.501 e. The van der Waals surface area contributed by atoms with Gasteiger partial charge in [0.2, 0.25) is 5.91 Å². The van der Waals surface area contributed by atoms with Gasteiger partial charge in [-0.15, -0.1) is 11.8 Å². The van der Waals surface area contributed by atoms with E-state index in [0.29, 0.717) is 45.0 Å². The highest BCUT2D eigenvalue weighted by atomic mass is 32.2. The highest BCUT2D eigenvalue weighted by Crippen LogP contribution is 2.33. The van der Waals surface area contributed by atoms with E-state index >= 15 is 0 Å². The van der Waals surface area contributed by atoms with Crippen molar-refractivity contribution >= 4 is 46.9 Å². The predicted octanol–water partition coefficient (Wildman–Crippen LogP) is 3.51. The van der Waals surface area contributed by atoms with Gasteiger partial charge in [0.1, 0.15) is 18.0 Å². The Kier molecular flexibility index (Phi) is 9.53. The highest BCUT2D eigenvalue weighted by molar-refractivity contribution is 8.04. The lowest BCUT2D eigenvalue weighted by Gasteiger charge is -2.36. The number of allylic oxidation sites excluding steroid dienone is 1. The molecule has 2 aromatic carbocycles. The largest absolute Gasteiger partial charge is 0.501 e. The lowest BCUT2D eigenvalue weighted by atomic mass is 9.81. The average Bonchev–Trinajstić information content (AvgIpc) is 3.58. The Hall–Kier alpha value is -4.12. The minimum absolute atomic E-state index is 0.0588. The second-order valence-corrected chi connectivity index (χ2v) is 13.0. The third-order valence-electron chi connectivity index (χ3n) is 9.31. The first-order chi connectivity index (χ1) is 21.9. The van der Waals surface area contributed by atoms with Crippen LogP contribution >= 0.6 is 11.8 Å². The van der Waals surface area contributed by atoms with Gasteiger partial charge in [-0.2, -0.15) is 14.3 Å². The first-order valence-corrected chi connectivity index (χ1v) is 16.7. The minimum Gasteiger partial charge on any atom is -0.495 e. The van der Waals surface area contributed by atoms with Crippen molar-refractivity contribution in [3.8, 4) is 5.75 Å². The first-order valence-electron chi connectivity index (χ1n) is 15.7. The molecule has 3 aliphatic heterocycles. The molecule has 2 aromatic rings. The fraction of sp³-hybridized carbons (Fsp3) is 0.441. The van der Waals surface area contributed by atoms with Gasteiger partial charge in [-0.05, 0) is 60.8 Å². The van der Waals surface area contributed by atoms with Crippen molar-refractivity contribution in [2.45, 2.75) is 37.5 Å². The lowest BCUT2D eigenvalue weighted by molar-refractivity contribution is -0.428. The Bertz CT molecular complexity index is 1500. The molecular weight excluding hydrogens is 590 g/mol. The second kappa shape index (κ2) is 13.9. The van der Waals surface area contributed by atoms with Gasteiger partial charge in [0.25, 0.3) is 5.91 Å². The number of hydrogen-bond acceptors (Lipinski definition) is 7. The molecule has 6 rings (SSSR count). The van der Waals surface area contributed by atoms with Crippen LogP contribution in [0.1, 0.15) is 31.2 Å². The van der Waals surface area contributed by atoms with Crippen LogP contribution < -0.4 is 15.0 Å². The number of thioether (sulfide) groups is 1. The third kappa shape index (κ3) is 6.78. The van der Waals surface area contributed by atoms with E-state index in [1.54, 1.807) is 18.1 Å². The Morgan fingerprint density at radius 1 is 0.956 bits per heavy atom. The van der Waals surface area contributed by atoms with Crippen LogP contribution in [0.2, 0.25) is 0 Å². The number of rotatable bonds is 9. The molecule has 45 heavy (non-hydrogen) atoms. The first kappa shape index (κ1) is 30.9. The third-order valence-corrected chi connectivity index (χ3v) is 10.3. The fourth-order valence-electron chi connectivity index (χ4n) is 6.70. The van der Waals surface area contributed by atoms with Crippen molar-refractivity contribution in [3.05, 3.63) is 71.6 Å². The summed E-state index contributed by atoms with van der Waals surface area (Å²) < 4.78 is 7.01. The molecule has 0 aromatic heterocycles. The van der Waals surface area contributed by atoms with Crippen LogP contribution in [0.4, 0.5) is 10.5 Å². The summed E-state index contributed by atoms with van der Waals surface area (Å²) >= 11 is 1.38. The number of fused-ring (bicyclic) bond motifs is 1. The second-order valence-electron chi connectivity index (χ2n) is 12.0. The van der Waals surface area contributed by atoms with E-state index in [2.05, 4.69) is 10.2 Å². The van der Waals surface area contributed by atoms with Crippen LogP contribution in [0.5, 0.6) is 5.75 Å². The van der Waals surface area contributed by atoms with Crippen LogP contribution in [0.25, 0.3) is 0 Å². The molecule has 11 heteroatoms. The number of carbonyl (C=O) groups excluding carboxylic acids is 4. The summed E-state index contributed by atoms with van der Waals surface area (Å²) in [7, 11) is 1.65. The van der Waals surface area contributed by atoms with Gasteiger partial charge in [0.15, 0.2) is 11.8 Å². The van der Waals surface area contributed by atoms with Crippen molar-refractivity contribution in [2.24, 2.45) is 11.8 Å². The summed E-state index contributed by atoms with van der Waals surface area (Å²) in [6.45, 7) is 3.11. The zero-order valence-corrected chi connectivity index (χ0v) is 26.4. The molecule has 5 amide bonds. The normalized spacial score (nSPS) is 23.3. The summed E-state index contributed by atoms with van der Waals surface area (Å²) in [6.07, 6.45) is 4.77. The molecule has 0 bridgehead atoms. The van der Waals surface area contributed by atoms with E-state index in [1.165, 1.54) is 21.2 Å². The van der Waals surface area contributed by atoms with Gasteiger partial charge >= 0.3 is 11.9 Å². The Balaban J connectivity index is 1.04. The van der Waals surface area contributed by atoms with E-state index in [0.717, 1.165) is 42.7 Å². The highest BCUT2D eigenvalue weighted by Gasteiger charge is 2.50. The molecule has 10 nitrogen and oxygen atoms in total. The van der Waals surface area contributed by atoms with Crippen molar-refractivity contribution in [2.75, 3.05) is 51.3 Å². The zero-order valence-electron chi connectivity index (χ0n) is 25.6. The number of nitrogens with one attached hydrogen (secondary N) is 1. The molecule has 0 spiro atoms. The SMILES string of the molecule is COc1ccccc1N1CCN(C(=O)C[N+]2=C3C=CSC3C(=O)N(CC3CCC(C(=O)NCc4ccccc4)CC3)C2=O)CC1. The predicted molar refractivity (Wildman–Crippen MR) is 173 cm³/mol. The summed E-state index contributed by atoms with van der Waals surface area (Å²) in [5.74, 6) is 0.567. The summed E-state index contributed by atoms with van der Waals surface area (Å²) in [4.78, 5) is 58.9. The number of benzene rings is 2. The van der Waals surface area contributed by atoms with Gasteiger partial charge in [0, 0.05) is 38.6 Å². The average molecular weight is 631 g/mol. The van der Waals surface area contributed by atoms with Gasteiger partial charge in [-0.3, -0.25) is 9.59 Å². The van der Waals surface area contributed by atoms with Gasteiger partial charge in [-0.25, -0.2) is 4.79 Å². The Morgan fingerprint density at radius 2 is 1.67 bits per heavy atom. The zero-order chi connectivity index (χ0) is 31.3. The molecule has 3 heterocycles. The summed E-state index contributed by atoms with van der Waals surface area (Å²) in [5, 5.41) is 4.37. The molecule has 1 saturated carbocycles. The molecule has 1 unspecified atom stereocenters. The monoisotopic (exact) mass is 630 g/mol. The van der Waals surface area contributed by atoms with E-state index in [-0.39, 0.29) is 36.1 Å². The minimum atomic E-state index is -0.516. The van der Waals surface area contributed by atoms with Crippen molar-refractivity contribution < 1.29 is 28.5 Å². The topological polar surface area (TPSA) is 102 Å². The van der Waals surface area contributed by atoms with Crippen molar-refractivity contribution in [1.29, 1.82) is 0 Å².